The van der Waals surface area contributed by atoms with Crippen LogP contribution in [-0.2, 0) is 24.1 Å². The highest BCUT2D eigenvalue weighted by molar-refractivity contribution is 5.75. The molecule has 11 nitrogen and oxygen atoms in total. The normalized spacial score (nSPS) is 19.8. The third kappa shape index (κ3) is 8.59. The van der Waals surface area contributed by atoms with Crippen LogP contribution in [0.4, 0.5) is 0 Å². The summed E-state index contributed by atoms with van der Waals surface area (Å²) in [5, 5.41) is 12.5. The fourth-order valence-corrected chi connectivity index (χ4v) is 9.33. The van der Waals surface area contributed by atoms with Crippen LogP contribution in [0, 0.1) is 17.8 Å². The Morgan fingerprint density at radius 2 is 0.931 bits per heavy atom. The number of fused-ring (bicyclic) bond motifs is 3. The minimum Gasteiger partial charge on any atom is -0.504 e. The first-order valence-electron chi connectivity index (χ1n) is 21.1. The van der Waals surface area contributed by atoms with Crippen LogP contribution in [0.5, 0.6) is 51.7 Å². The molecule has 0 bridgehead atoms. The van der Waals surface area contributed by atoms with Gasteiger partial charge < -0.3 is 33.5 Å². The first-order chi connectivity index (χ1) is 27.6. The molecule has 0 saturated carbocycles. The van der Waals surface area contributed by atoms with Gasteiger partial charge in [-0.15, -0.1) is 0 Å². The summed E-state index contributed by atoms with van der Waals surface area (Å²) in [5.41, 5.74) is 5.98. The molecule has 0 saturated heterocycles. The van der Waals surface area contributed by atoms with Gasteiger partial charge >= 0.3 is 5.97 Å². The van der Waals surface area contributed by atoms with Gasteiger partial charge in [-0.05, 0) is 112 Å². The molecule has 6 rings (SSSR count). The smallest absolute Gasteiger partial charge is 0.308 e. The Morgan fingerprint density at radius 1 is 0.586 bits per heavy atom. The van der Waals surface area contributed by atoms with E-state index in [0.29, 0.717) is 52.3 Å². The highest BCUT2D eigenvalue weighted by Crippen LogP contribution is 2.58. The van der Waals surface area contributed by atoms with E-state index in [4.69, 9.17) is 28.4 Å². The average Bonchev–Trinajstić information content (AvgIpc) is 3.16. The molecule has 11 heteroatoms. The number of hydrogen-bond acceptors (Lipinski definition) is 11. The number of aromatic hydroxyl groups is 1. The summed E-state index contributed by atoms with van der Waals surface area (Å²) in [5.74, 6) is 3.58. The first kappa shape index (κ1) is 43.4. The standard InChI is InChI=1S/C47H67N3O8/c1-26(2)20-33-39-30(14-17-48(33)8)23-36(53-11)43(42(39)52)57-47-41-32(16-19-50(10)35(41)22-28(5)6)25-38(55-13)45(47)58-46-40-31(15-18-49(9)34(40)21-27(3)4)24-37(54-12)44(46)56-29(7)51/h23-28,33-35,52H,14-22H2,1-13H3/t33-,34-,35-/m0/s1. The zero-order valence-electron chi connectivity index (χ0n) is 37.2. The van der Waals surface area contributed by atoms with Gasteiger partial charge in [-0.2, -0.15) is 0 Å². The summed E-state index contributed by atoms with van der Waals surface area (Å²) in [6.07, 6.45) is 4.88. The number of carbonyl (C=O) groups excluding carboxylic acids is 1. The van der Waals surface area contributed by atoms with Gasteiger partial charge in [0, 0.05) is 61.4 Å². The lowest BCUT2D eigenvalue weighted by molar-refractivity contribution is -0.132. The second-order valence-corrected chi connectivity index (χ2v) is 17.9. The van der Waals surface area contributed by atoms with E-state index >= 15 is 0 Å². The number of methoxy groups -OCH3 is 3. The van der Waals surface area contributed by atoms with Crippen molar-refractivity contribution in [2.45, 2.75) is 105 Å². The molecule has 0 fully saturated rings. The van der Waals surface area contributed by atoms with Crippen molar-refractivity contribution in [3.8, 4) is 51.7 Å². The van der Waals surface area contributed by atoms with E-state index in [1.54, 1.807) is 21.3 Å². The van der Waals surface area contributed by atoms with Gasteiger partial charge in [-0.25, -0.2) is 0 Å². The summed E-state index contributed by atoms with van der Waals surface area (Å²) < 4.78 is 38.8. The van der Waals surface area contributed by atoms with Crippen molar-refractivity contribution in [1.29, 1.82) is 0 Å². The largest absolute Gasteiger partial charge is 0.504 e. The van der Waals surface area contributed by atoms with Crippen LogP contribution in [0.25, 0.3) is 0 Å². The SMILES string of the molecule is COc1cc2c(c(O)c1Oc1c(Oc3c(OC(C)=O)c(OC)cc4c3[C@H](CC(C)C)N(C)CC4)c(OC)cc3c1[C@H](CC(C)C)N(C)CC3)[C@H](CC(C)C)N(C)CC2. The Morgan fingerprint density at radius 3 is 1.33 bits per heavy atom. The number of rotatable bonds is 14. The lowest BCUT2D eigenvalue weighted by Gasteiger charge is -2.39. The maximum absolute atomic E-state index is 12.9. The van der Waals surface area contributed by atoms with Crippen LogP contribution in [0.2, 0.25) is 0 Å². The second-order valence-electron chi connectivity index (χ2n) is 17.9. The summed E-state index contributed by atoms with van der Waals surface area (Å²) >= 11 is 0. The zero-order chi connectivity index (χ0) is 42.2. The third-order valence-corrected chi connectivity index (χ3v) is 12.2. The lowest BCUT2D eigenvalue weighted by atomic mass is 9.85. The number of likely N-dealkylation sites (N-methyl/N-ethyl adjacent to an activating group) is 3. The van der Waals surface area contributed by atoms with E-state index in [-0.39, 0.29) is 35.4 Å². The molecule has 58 heavy (non-hydrogen) atoms. The Kier molecular flexibility index (Phi) is 13.4. The lowest BCUT2D eigenvalue weighted by Crippen LogP contribution is -2.34. The molecule has 0 spiro atoms. The van der Waals surface area contributed by atoms with Crippen molar-refractivity contribution in [1.82, 2.24) is 14.7 Å². The van der Waals surface area contributed by atoms with Gasteiger partial charge in [0.1, 0.15) is 0 Å². The van der Waals surface area contributed by atoms with E-state index in [0.717, 1.165) is 91.5 Å². The van der Waals surface area contributed by atoms with Crippen molar-refractivity contribution in [3.05, 3.63) is 51.6 Å². The minimum atomic E-state index is -0.496. The van der Waals surface area contributed by atoms with Crippen molar-refractivity contribution < 1.29 is 38.3 Å². The van der Waals surface area contributed by atoms with Crippen LogP contribution < -0.4 is 28.4 Å². The van der Waals surface area contributed by atoms with Gasteiger partial charge in [-0.3, -0.25) is 19.5 Å². The van der Waals surface area contributed by atoms with Crippen LogP contribution in [0.3, 0.4) is 0 Å². The first-order valence-corrected chi connectivity index (χ1v) is 21.1. The molecular formula is C47H67N3O8. The highest BCUT2D eigenvalue weighted by atomic mass is 16.6. The van der Waals surface area contributed by atoms with E-state index in [1.807, 2.05) is 12.1 Å². The quantitative estimate of drug-likeness (QED) is 0.125. The molecule has 3 aliphatic rings. The summed E-state index contributed by atoms with van der Waals surface area (Å²) in [6, 6.07) is 5.99. The molecule has 0 aliphatic carbocycles. The fraction of sp³-hybridized carbons (Fsp3) is 0.596. The van der Waals surface area contributed by atoms with E-state index in [1.165, 1.54) is 6.92 Å². The van der Waals surface area contributed by atoms with Crippen molar-refractivity contribution in [3.63, 3.8) is 0 Å². The molecule has 0 aromatic heterocycles. The number of esters is 1. The van der Waals surface area contributed by atoms with Gasteiger partial charge in [-0.1, -0.05) is 41.5 Å². The van der Waals surface area contributed by atoms with Crippen LogP contribution in [0.1, 0.15) is 119 Å². The minimum absolute atomic E-state index is 0.00347. The number of ether oxygens (including phenoxy) is 6. The van der Waals surface area contributed by atoms with Crippen LogP contribution >= 0.6 is 0 Å². The number of phenols is 1. The van der Waals surface area contributed by atoms with Crippen molar-refractivity contribution in [2.75, 3.05) is 62.1 Å². The maximum Gasteiger partial charge on any atom is 0.308 e. The number of hydrogen-bond donors (Lipinski definition) is 1. The van der Waals surface area contributed by atoms with Crippen molar-refractivity contribution >= 4 is 5.97 Å². The molecule has 0 radical (unpaired) electrons. The maximum atomic E-state index is 12.9. The molecule has 3 atom stereocenters. The topological polar surface area (TPSA) is 102 Å². The summed E-state index contributed by atoms with van der Waals surface area (Å²) in [6.45, 7) is 17.3. The number of nitrogens with zero attached hydrogens (tertiary/aromatic N) is 3. The summed E-state index contributed by atoms with van der Waals surface area (Å²) in [7, 11) is 11.2. The van der Waals surface area contributed by atoms with Gasteiger partial charge in [0.2, 0.25) is 17.2 Å². The van der Waals surface area contributed by atoms with Crippen LogP contribution in [-0.4, -0.2) is 87.9 Å². The van der Waals surface area contributed by atoms with Gasteiger partial charge in [0.15, 0.2) is 34.5 Å². The van der Waals surface area contributed by atoms with E-state index < -0.39 is 5.97 Å². The molecule has 3 aromatic carbocycles. The molecule has 3 heterocycles. The molecule has 0 amide bonds. The average molecular weight is 802 g/mol. The molecule has 0 unspecified atom stereocenters. The number of carbonyl (C=O) groups is 1. The Balaban J connectivity index is 1.68. The second kappa shape index (κ2) is 18.0. The molecule has 3 aliphatic heterocycles. The highest BCUT2D eigenvalue weighted by Gasteiger charge is 2.39. The Hall–Kier alpha value is -4.19. The van der Waals surface area contributed by atoms with Crippen LogP contribution in [0.15, 0.2) is 18.2 Å². The predicted molar refractivity (Wildman–Crippen MR) is 228 cm³/mol. The van der Waals surface area contributed by atoms with E-state index in [9.17, 15) is 9.90 Å². The zero-order valence-corrected chi connectivity index (χ0v) is 37.2. The van der Waals surface area contributed by atoms with Gasteiger partial charge in [0.05, 0.1) is 21.3 Å². The van der Waals surface area contributed by atoms with Crippen molar-refractivity contribution in [2.24, 2.45) is 17.8 Å². The Bertz CT molecular complexity index is 1980. The fourth-order valence-electron chi connectivity index (χ4n) is 9.33. The monoisotopic (exact) mass is 801 g/mol. The molecule has 3 aromatic rings. The third-order valence-electron chi connectivity index (χ3n) is 12.2. The van der Waals surface area contributed by atoms with Gasteiger partial charge in [0.25, 0.3) is 0 Å². The predicted octanol–water partition coefficient (Wildman–Crippen LogP) is 9.65. The Labute approximate surface area is 346 Å². The molecular weight excluding hydrogens is 735 g/mol. The van der Waals surface area contributed by atoms with E-state index in [2.05, 4.69) is 83.5 Å². The number of benzene rings is 3. The molecule has 1 N–H and O–H groups in total. The molecule has 318 valence electrons. The number of phenolic OH excluding ortho intramolecular Hbond substituents is 1. The summed E-state index contributed by atoms with van der Waals surface area (Å²) in [4.78, 5) is 19.9.